The number of halogens is 2. The molecule has 0 aliphatic carbocycles. The molecule has 1 aliphatic rings. The molecule has 2 aromatic rings. The molecule has 5 heteroatoms. The van der Waals surface area contributed by atoms with Crippen molar-refractivity contribution in [1.82, 2.24) is 0 Å². The smallest absolute Gasteiger partial charge is 0.277 e. The van der Waals surface area contributed by atoms with Crippen LogP contribution in [0.1, 0.15) is 12.5 Å². The molecular formula is C16H12BrClN2O. The lowest BCUT2D eigenvalue weighted by Gasteiger charge is -2.13. The van der Waals surface area contributed by atoms with Crippen molar-refractivity contribution in [2.45, 2.75) is 6.92 Å². The number of aliphatic imine (C=N–C) groups is 1. The van der Waals surface area contributed by atoms with Gasteiger partial charge in [0.25, 0.3) is 5.91 Å². The Balaban J connectivity index is 2.13. The molecule has 0 unspecified atom stereocenters. The topological polar surface area (TPSA) is 32.7 Å². The highest BCUT2D eigenvalue weighted by Gasteiger charge is 2.32. The first kappa shape index (κ1) is 14.3. The van der Waals surface area contributed by atoms with E-state index in [9.17, 15) is 4.79 Å². The number of carbonyl (C=O) groups is 1. The standard InChI is InChI=1S/C16H12BrClN2O/c1-2-20-14-8-3-10(17)9-13(14)15(16(20)21)19-12-6-4-11(18)5-7-12/h3-9H,2H2,1H3. The predicted octanol–water partition coefficient (Wildman–Crippen LogP) is 4.59. The first-order valence-electron chi connectivity index (χ1n) is 6.56. The number of nitrogens with zero attached hydrogens (tertiary/aromatic N) is 2. The summed E-state index contributed by atoms with van der Waals surface area (Å²) < 4.78 is 0.927. The fourth-order valence-electron chi connectivity index (χ4n) is 2.35. The van der Waals surface area contributed by atoms with Crippen LogP contribution in [0.25, 0.3) is 0 Å². The van der Waals surface area contributed by atoms with Gasteiger partial charge in [-0.3, -0.25) is 4.79 Å². The number of amides is 1. The monoisotopic (exact) mass is 362 g/mol. The molecule has 1 aliphatic heterocycles. The highest BCUT2D eigenvalue weighted by atomic mass is 79.9. The summed E-state index contributed by atoms with van der Waals surface area (Å²) in [5.74, 6) is -0.0689. The number of hydrogen-bond acceptors (Lipinski definition) is 2. The molecule has 0 saturated carbocycles. The SMILES string of the molecule is CCN1C(=O)C(=Nc2ccc(Cl)cc2)c2cc(Br)ccc21. The number of likely N-dealkylation sites (N-methyl/N-ethyl adjacent to an activating group) is 1. The molecule has 106 valence electrons. The maximum absolute atomic E-state index is 12.5. The van der Waals surface area contributed by atoms with Gasteiger partial charge in [0.1, 0.15) is 5.71 Å². The Labute approximate surface area is 136 Å². The van der Waals surface area contributed by atoms with Gasteiger partial charge in [0.05, 0.1) is 11.4 Å². The summed E-state index contributed by atoms with van der Waals surface area (Å²) in [6.45, 7) is 2.57. The molecule has 0 fully saturated rings. The van der Waals surface area contributed by atoms with E-state index in [-0.39, 0.29) is 5.91 Å². The minimum Gasteiger partial charge on any atom is -0.307 e. The lowest BCUT2D eigenvalue weighted by molar-refractivity contribution is -0.112. The quantitative estimate of drug-likeness (QED) is 0.768. The highest BCUT2D eigenvalue weighted by Crippen LogP contribution is 2.33. The Bertz CT molecular complexity index is 740. The van der Waals surface area contributed by atoms with Crippen LogP contribution in [0.5, 0.6) is 0 Å². The van der Waals surface area contributed by atoms with Crippen LogP contribution < -0.4 is 4.90 Å². The molecule has 0 atom stereocenters. The molecule has 0 N–H and O–H groups in total. The van der Waals surface area contributed by atoms with Crippen molar-refractivity contribution in [3.63, 3.8) is 0 Å². The third-order valence-corrected chi connectivity index (χ3v) is 4.08. The van der Waals surface area contributed by atoms with Gasteiger partial charge >= 0.3 is 0 Å². The van der Waals surface area contributed by atoms with Crippen molar-refractivity contribution in [2.24, 2.45) is 4.99 Å². The minimum atomic E-state index is -0.0689. The van der Waals surface area contributed by atoms with E-state index in [1.165, 1.54) is 0 Å². The van der Waals surface area contributed by atoms with E-state index >= 15 is 0 Å². The highest BCUT2D eigenvalue weighted by molar-refractivity contribution is 9.10. The van der Waals surface area contributed by atoms with Crippen LogP contribution in [0.15, 0.2) is 51.9 Å². The summed E-state index contributed by atoms with van der Waals surface area (Å²) in [7, 11) is 0. The van der Waals surface area contributed by atoms with E-state index in [0.29, 0.717) is 23.0 Å². The average Bonchev–Trinajstić information content (AvgIpc) is 2.73. The fourth-order valence-corrected chi connectivity index (χ4v) is 2.84. The van der Waals surface area contributed by atoms with Crippen molar-refractivity contribution in [1.29, 1.82) is 0 Å². The number of rotatable bonds is 2. The first-order chi connectivity index (χ1) is 10.1. The molecule has 1 amide bonds. The van der Waals surface area contributed by atoms with Gasteiger partial charge in [0.2, 0.25) is 0 Å². The first-order valence-corrected chi connectivity index (χ1v) is 7.73. The fraction of sp³-hybridized carbons (Fsp3) is 0.125. The second-order valence-corrected chi connectivity index (χ2v) is 6.00. The molecule has 21 heavy (non-hydrogen) atoms. The van der Waals surface area contributed by atoms with Gasteiger partial charge in [0.15, 0.2) is 0 Å². The maximum Gasteiger partial charge on any atom is 0.277 e. The summed E-state index contributed by atoms with van der Waals surface area (Å²) in [5, 5.41) is 0.648. The summed E-state index contributed by atoms with van der Waals surface area (Å²) >= 11 is 9.32. The predicted molar refractivity (Wildman–Crippen MR) is 89.8 cm³/mol. The molecular weight excluding hydrogens is 352 g/mol. The van der Waals surface area contributed by atoms with E-state index in [1.54, 1.807) is 29.2 Å². The van der Waals surface area contributed by atoms with E-state index in [1.807, 2.05) is 25.1 Å². The van der Waals surface area contributed by atoms with Gasteiger partial charge in [-0.2, -0.15) is 0 Å². The van der Waals surface area contributed by atoms with E-state index in [4.69, 9.17) is 11.6 Å². The normalized spacial score (nSPS) is 15.7. The van der Waals surface area contributed by atoms with Crippen molar-refractivity contribution in [3.8, 4) is 0 Å². The van der Waals surface area contributed by atoms with Gasteiger partial charge in [0, 0.05) is 21.6 Å². The molecule has 0 spiro atoms. The Morgan fingerprint density at radius 3 is 2.57 bits per heavy atom. The van der Waals surface area contributed by atoms with Crippen LogP contribution in [0, 0.1) is 0 Å². The average molecular weight is 364 g/mol. The van der Waals surface area contributed by atoms with Crippen molar-refractivity contribution in [2.75, 3.05) is 11.4 Å². The zero-order valence-corrected chi connectivity index (χ0v) is 13.6. The van der Waals surface area contributed by atoms with Gasteiger partial charge < -0.3 is 4.90 Å². The zero-order valence-electron chi connectivity index (χ0n) is 11.3. The summed E-state index contributed by atoms with van der Waals surface area (Å²) in [5.41, 5.74) is 2.94. The lowest BCUT2D eigenvalue weighted by atomic mass is 10.1. The van der Waals surface area contributed by atoms with Crippen LogP contribution in [-0.4, -0.2) is 18.2 Å². The largest absolute Gasteiger partial charge is 0.307 e. The van der Waals surface area contributed by atoms with E-state index in [0.717, 1.165) is 15.7 Å². The zero-order chi connectivity index (χ0) is 15.0. The number of anilines is 1. The van der Waals surface area contributed by atoms with Crippen molar-refractivity contribution in [3.05, 3.63) is 57.5 Å². The van der Waals surface area contributed by atoms with Crippen molar-refractivity contribution >= 4 is 50.5 Å². The molecule has 2 aromatic carbocycles. The summed E-state index contributed by atoms with van der Waals surface area (Å²) in [4.78, 5) is 18.8. The van der Waals surface area contributed by atoms with Crippen LogP contribution >= 0.6 is 27.5 Å². The molecule has 3 rings (SSSR count). The van der Waals surface area contributed by atoms with Crippen LogP contribution in [-0.2, 0) is 4.79 Å². The molecule has 3 nitrogen and oxygen atoms in total. The van der Waals surface area contributed by atoms with Crippen LogP contribution in [0.4, 0.5) is 11.4 Å². The minimum absolute atomic E-state index is 0.0689. The third-order valence-electron chi connectivity index (χ3n) is 3.34. The van der Waals surface area contributed by atoms with Crippen LogP contribution in [0.2, 0.25) is 5.02 Å². The Morgan fingerprint density at radius 2 is 1.90 bits per heavy atom. The summed E-state index contributed by atoms with van der Waals surface area (Å²) in [6, 6.07) is 12.9. The van der Waals surface area contributed by atoms with Gasteiger partial charge in [-0.15, -0.1) is 0 Å². The Hall–Kier alpha value is -1.65. The third kappa shape index (κ3) is 2.61. The van der Waals surface area contributed by atoms with Gasteiger partial charge in [-0.1, -0.05) is 27.5 Å². The molecule has 0 bridgehead atoms. The molecule has 0 saturated heterocycles. The van der Waals surface area contributed by atoms with E-state index in [2.05, 4.69) is 20.9 Å². The van der Waals surface area contributed by atoms with Gasteiger partial charge in [-0.25, -0.2) is 4.99 Å². The lowest BCUT2D eigenvalue weighted by Crippen LogP contribution is -2.29. The maximum atomic E-state index is 12.5. The number of carbonyl (C=O) groups excluding carboxylic acids is 1. The summed E-state index contributed by atoms with van der Waals surface area (Å²) in [6.07, 6.45) is 0. The number of benzene rings is 2. The van der Waals surface area contributed by atoms with Gasteiger partial charge in [-0.05, 0) is 49.4 Å². The second-order valence-electron chi connectivity index (χ2n) is 4.65. The van der Waals surface area contributed by atoms with Crippen LogP contribution in [0.3, 0.4) is 0 Å². The number of fused-ring (bicyclic) bond motifs is 1. The number of hydrogen-bond donors (Lipinski definition) is 0. The second kappa shape index (κ2) is 5.62. The molecule has 1 heterocycles. The Morgan fingerprint density at radius 1 is 1.19 bits per heavy atom. The molecule has 0 aromatic heterocycles. The molecule has 0 radical (unpaired) electrons. The Kier molecular flexibility index (Phi) is 3.83. The van der Waals surface area contributed by atoms with E-state index < -0.39 is 0 Å². The van der Waals surface area contributed by atoms with Crippen molar-refractivity contribution < 1.29 is 4.79 Å².